The first-order valence-corrected chi connectivity index (χ1v) is 8.06. The van der Waals surface area contributed by atoms with Gasteiger partial charge in [-0.25, -0.2) is 0 Å². The molecule has 3 rings (SSSR count). The summed E-state index contributed by atoms with van der Waals surface area (Å²) in [7, 11) is 0. The smallest absolute Gasteiger partial charge is 0.227 e. The molecule has 25 heavy (non-hydrogen) atoms. The molecule has 1 aromatic carbocycles. The summed E-state index contributed by atoms with van der Waals surface area (Å²) in [5.74, 6) is 0.696. The largest absolute Gasteiger partial charge is 0.472 e. The first kappa shape index (κ1) is 16.9. The van der Waals surface area contributed by atoms with Crippen molar-refractivity contribution >= 4 is 5.91 Å². The number of benzene rings is 1. The number of hydrogen-bond acceptors (Lipinski definition) is 6. The van der Waals surface area contributed by atoms with E-state index in [4.69, 9.17) is 8.94 Å². The molecule has 0 aliphatic heterocycles. The van der Waals surface area contributed by atoms with Crippen molar-refractivity contribution < 1.29 is 18.8 Å². The average molecular weight is 341 g/mol. The fourth-order valence-corrected chi connectivity index (χ4v) is 2.49. The van der Waals surface area contributed by atoms with Gasteiger partial charge in [0.1, 0.15) is 6.26 Å². The Kier molecular flexibility index (Phi) is 5.58. The Labute approximate surface area is 144 Å². The zero-order valence-electron chi connectivity index (χ0n) is 13.6. The molecule has 130 valence electrons. The molecule has 2 N–H and O–H groups in total. The summed E-state index contributed by atoms with van der Waals surface area (Å²) < 4.78 is 10.1. The third-order valence-corrected chi connectivity index (χ3v) is 3.77. The van der Waals surface area contributed by atoms with Gasteiger partial charge in [-0.05, 0) is 18.1 Å². The van der Waals surface area contributed by atoms with Crippen LogP contribution in [0.25, 0.3) is 11.4 Å². The van der Waals surface area contributed by atoms with Crippen LogP contribution in [0.4, 0.5) is 0 Å². The van der Waals surface area contributed by atoms with Crippen LogP contribution in [0.1, 0.15) is 30.3 Å². The van der Waals surface area contributed by atoms with Crippen molar-refractivity contribution in [3.63, 3.8) is 0 Å². The highest BCUT2D eigenvalue weighted by atomic mass is 16.5. The minimum Gasteiger partial charge on any atom is -0.472 e. The minimum absolute atomic E-state index is 0.00242. The van der Waals surface area contributed by atoms with Gasteiger partial charge in [0.2, 0.25) is 17.6 Å². The molecule has 0 saturated heterocycles. The van der Waals surface area contributed by atoms with E-state index in [2.05, 4.69) is 15.5 Å². The Morgan fingerprint density at radius 1 is 1.24 bits per heavy atom. The number of carbonyl (C=O) groups is 1. The van der Waals surface area contributed by atoms with Crippen LogP contribution in [-0.2, 0) is 11.2 Å². The normalized spacial score (nSPS) is 12.0. The lowest BCUT2D eigenvalue weighted by molar-refractivity contribution is -0.122. The predicted octanol–water partition coefficient (Wildman–Crippen LogP) is 2.50. The molecule has 7 nitrogen and oxygen atoms in total. The molecule has 0 spiro atoms. The van der Waals surface area contributed by atoms with Crippen LogP contribution in [0.15, 0.2) is 57.9 Å². The Bertz CT molecular complexity index is 784. The van der Waals surface area contributed by atoms with Crippen molar-refractivity contribution in [1.29, 1.82) is 0 Å². The van der Waals surface area contributed by atoms with Crippen molar-refractivity contribution in [1.82, 2.24) is 15.5 Å². The topological polar surface area (TPSA) is 101 Å². The van der Waals surface area contributed by atoms with Crippen LogP contribution in [0.5, 0.6) is 0 Å². The lowest BCUT2D eigenvalue weighted by Crippen LogP contribution is -2.29. The van der Waals surface area contributed by atoms with E-state index in [9.17, 15) is 9.90 Å². The number of aliphatic hydroxyl groups excluding tert-OH is 1. The molecule has 1 amide bonds. The Morgan fingerprint density at radius 3 is 2.80 bits per heavy atom. The zero-order chi connectivity index (χ0) is 17.5. The predicted molar refractivity (Wildman–Crippen MR) is 89.3 cm³/mol. The molecule has 0 saturated carbocycles. The molecule has 0 aliphatic carbocycles. The second kappa shape index (κ2) is 8.25. The van der Waals surface area contributed by atoms with E-state index in [0.29, 0.717) is 24.6 Å². The molecule has 7 heteroatoms. The number of amides is 1. The molecular formula is C18H19N3O4. The van der Waals surface area contributed by atoms with Crippen LogP contribution in [0, 0.1) is 0 Å². The number of aryl methyl sites for hydroxylation is 1. The summed E-state index contributed by atoms with van der Waals surface area (Å²) in [4.78, 5) is 16.5. The molecule has 2 aromatic heterocycles. The number of aromatic nitrogens is 2. The van der Waals surface area contributed by atoms with Crippen molar-refractivity contribution in [2.75, 3.05) is 6.61 Å². The summed E-state index contributed by atoms with van der Waals surface area (Å²) in [6.45, 7) is -0.00242. The number of rotatable bonds is 8. The van der Waals surface area contributed by atoms with Gasteiger partial charge >= 0.3 is 0 Å². The van der Waals surface area contributed by atoms with E-state index in [0.717, 1.165) is 11.1 Å². The molecule has 3 aromatic rings. The summed E-state index contributed by atoms with van der Waals surface area (Å²) in [5.41, 5.74) is 1.69. The monoisotopic (exact) mass is 341 g/mol. The Balaban J connectivity index is 1.55. The zero-order valence-corrected chi connectivity index (χ0v) is 13.6. The molecule has 1 atom stereocenters. The molecule has 0 fully saturated rings. The third-order valence-electron chi connectivity index (χ3n) is 3.77. The van der Waals surface area contributed by atoms with Gasteiger partial charge in [-0.2, -0.15) is 4.98 Å². The van der Waals surface area contributed by atoms with Gasteiger partial charge in [-0.1, -0.05) is 35.5 Å². The van der Waals surface area contributed by atoms with Gasteiger partial charge in [-0.15, -0.1) is 0 Å². The minimum atomic E-state index is -0.220. The first-order valence-electron chi connectivity index (χ1n) is 8.06. The van der Waals surface area contributed by atoms with Crippen LogP contribution in [-0.4, -0.2) is 27.8 Å². The van der Waals surface area contributed by atoms with Gasteiger partial charge in [0, 0.05) is 19.4 Å². The maximum atomic E-state index is 12.2. The fourth-order valence-electron chi connectivity index (χ4n) is 2.49. The van der Waals surface area contributed by atoms with Crippen molar-refractivity contribution in [2.45, 2.75) is 25.3 Å². The van der Waals surface area contributed by atoms with E-state index in [-0.39, 0.29) is 25.0 Å². The summed E-state index contributed by atoms with van der Waals surface area (Å²) in [6, 6.07) is 11.1. The van der Waals surface area contributed by atoms with Gasteiger partial charge < -0.3 is 19.4 Å². The van der Waals surface area contributed by atoms with Gasteiger partial charge in [-0.3, -0.25) is 4.79 Å². The highest BCUT2D eigenvalue weighted by Gasteiger charge is 2.16. The number of aliphatic hydroxyl groups is 1. The molecule has 1 unspecified atom stereocenters. The van der Waals surface area contributed by atoms with Crippen molar-refractivity contribution in [3.8, 4) is 11.4 Å². The fraction of sp³-hybridized carbons (Fsp3) is 0.278. The summed E-state index contributed by atoms with van der Waals surface area (Å²) in [5, 5.41) is 16.0. The van der Waals surface area contributed by atoms with Gasteiger partial charge in [0.05, 0.1) is 17.9 Å². The highest BCUT2D eigenvalue weighted by molar-refractivity contribution is 5.76. The number of nitrogens with zero attached hydrogens (tertiary/aromatic N) is 2. The number of nitrogens with one attached hydrogen (secondary N) is 1. The maximum Gasteiger partial charge on any atom is 0.227 e. The van der Waals surface area contributed by atoms with Crippen molar-refractivity contribution in [2.24, 2.45) is 0 Å². The average Bonchev–Trinajstić information content (AvgIpc) is 3.32. The molecule has 0 radical (unpaired) electrons. The van der Waals surface area contributed by atoms with Crippen LogP contribution >= 0.6 is 0 Å². The van der Waals surface area contributed by atoms with Crippen LogP contribution in [0.2, 0.25) is 0 Å². The SMILES string of the molecule is O=C(CCc1nc(-c2ccoc2)no1)NC(CCO)c1ccccc1. The molecule has 0 aliphatic rings. The van der Waals surface area contributed by atoms with Gasteiger partial charge in [0.25, 0.3) is 0 Å². The second-order valence-electron chi connectivity index (χ2n) is 5.57. The van der Waals surface area contributed by atoms with Crippen molar-refractivity contribution in [3.05, 3.63) is 60.4 Å². The third kappa shape index (κ3) is 4.54. The number of hydrogen-bond donors (Lipinski definition) is 2. The van der Waals surface area contributed by atoms with Gasteiger partial charge in [0.15, 0.2) is 0 Å². The Morgan fingerprint density at radius 2 is 2.08 bits per heavy atom. The molecular weight excluding hydrogens is 322 g/mol. The van der Waals surface area contributed by atoms with Crippen LogP contribution in [0.3, 0.4) is 0 Å². The summed E-state index contributed by atoms with van der Waals surface area (Å²) in [6.07, 6.45) is 4.09. The van der Waals surface area contributed by atoms with E-state index in [1.807, 2.05) is 30.3 Å². The maximum absolute atomic E-state index is 12.2. The quantitative estimate of drug-likeness (QED) is 0.653. The standard InChI is InChI=1S/C18H19N3O4/c22-10-8-15(13-4-2-1-3-5-13)19-16(23)6-7-17-20-18(21-25-17)14-9-11-24-12-14/h1-5,9,11-12,15,22H,6-8,10H2,(H,19,23). The van der Waals surface area contributed by atoms with E-state index in [1.165, 1.54) is 12.5 Å². The lowest BCUT2D eigenvalue weighted by atomic mass is 10.0. The number of carbonyl (C=O) groups excluding carboxylic acids is 1. The highest BCUT2D eigenvalue weighted by Crippen LogP contribution is 2.18. The summed E-state index contributed by atoms with van der Waals surface area (Å²) >= 11 is 0. The molecule has 2 heterocycles. The van der Waals surface area contributed by atoms with E-state index in [1.54, 1.807) is 6.07 Å². The molecule has 0 bridgehead atoms. The van der Waals surface area contributed by atoms with Crippen LogP contribution < -0.4 is 5.32 Å². The second-order valence-corrected chi connectivity index (χ2v) is 5.57. The Hall–Kier alpha value is -2.93. The van der Waals surface area contributed by atoms with E-state index >= 15 is 0 Å². The number of furan rings is 1. The lowest BCUT2D eigenvalue weighted by Gasteiger charge is -2.18. The first-order chi connectivity index (χ1) is 12.3. The van der Waals surface area contributed by atoms with E-state index < -0.39 is 0 Å².